The highest BCUT2D eigenvalue weighted by Gasteiger charge is 2.11. The number of ether oxygens (including phenoxy) is 2. The van der Waals surface area contributed by atoms with E-state index in [9.17, 15) is 4.79 Å². The van der Waals surface area contributed by atoms with Crippen LogP contribution in [0, 0.1) is 20.8 Å². The molecule has 144 valence electrons. The largest absolute Gasteiger partial charge is 0.490 e. The minimum absolute atomic E-state index is 0.193. The fraction of sp³-hybridized carbons (Fsp3) is 0.217. The molecule has 0 aliphatic carbocycles. The maximum atomic E-state index is 12.0. The Morgan fingerprint density at radius 1 is 1.00 bits per heavy atom. The van der Waals surface area contributed by atoms with E-state index in [0.717, 1.165) is 28.4 Å². The Morgan fingerprint density at radius 2 is 1.71 bits per heavy atom. The number of rotatable bonds is 7. The highest BCUT2D eigenvalue weighted by molar-refractivity contribution is 5.87. The zero-order chi connectivity index (χ0) is 19.9. The van der Waals surface area contributed by atoms with Crippen molar-refractivity contribution in [2.75, 3.05) is 13.2 Å². The van der Waals surface area contributed by atoms with Crippen LogP contribution in [0.1, 0.15) is 22.5 Å². The Kier molecular flexibility index (Phi) is 6.27. The van der Waals surface area contributed by atoms with Crippen molar-refractivity contribution in [2.45, 2.75) is 20.8 Å². The van der Waals surface area contributed by atoms with E-state index in [1.807, 2.05) is 80.1 Å². The van der Waals surface area contributed by atoms with Crippen molar-refractivity contribution in [3.63, 3.8) is 0 Å². The normalized spacial score (nSPS) is 11.0. The molecule has 3 aromatic rings. The Balaban J connectivity index is 1.54. The highest BCUT2D eigenvalue weighted by atomic mass is 16.6. The Bertz CT molecular complexity index is 958. The fourth-order valence-electron chi connectivity index (χ4n) is 2.85. The third-order valence-electron chi connectivity index (χ3n) is 4.35. The number of hydrogen-bond donors (Lipinski definition) is 0. The molecule has 0 saturated heterocycles. The van der Waals surface area contributed by atoms with Gasteiger partial charge < -0.3 is 9.47 Å². The molecule has 0 radical (unpaired) electrons. The summed E-state index contributed by atoms with van der Waals surface area (Å²) in [5.74, 6) is 0.357. The number of carbonyl (C=O) groups is 1. The Morgan fingerprint density at radius 3 is 2.43 bits per heavy atom. The van der Waals surface area contributed by atoms with Crippen molar-refractivity contribution < 1.29 is 14.3 Å². The standard InChI is InChI=1S/C23H24N2O3/c1-17-9-11-21(12-10-17)27-15-16-28-23(26)14-13-22-18(2)24-25(19(22)3)20-7-5-4-6-8-20/h4-14H,15-16H2,1-3H3. The van der Waals surface area contributed by atoms with Gasteiger partial charge >= 0.3 is 5.97 Å². The lowest BCUT2D eigenvalue weighted by Gasteiger charge is -2.06. The first-order valence-electron chi connectivity index (χ1n) is 9.20. The molecule has 2 aromatic carbocycles. The number of hydrogen-bond acceptors (Lipinski definition) is 4. The van der Waals surface area contributed by atoms with Gasteiger partial charge in [-0.1, -0.05) is 35.9 Å². The van der Waals surface area contributed by atoms with E-state index in [2.05, 4.69) is 5.10 Å². The van der Waals surface area contributed by atoms with Gasteiger partial charge in [-0.25, -0.2) is 9.48 Å². The third-order valence-corrected chi connectivity index (χ3v) is 4.35. The van der Waals surface area contributed by atoms with Gasteiger partial charge in [0.15, 0.2) is 0 Å². The molecule has 0 fully saturated rings. The molecule has 1 heterocycles. The zero-order valence-electron chi connectivity index (χ0n) is 16.4. The molecule has 0 spiro atoms. The SMILES string of the molecule is Cc1ccc(OCCOC(=O)C=Cc2c(C)nn(-c3ccccc3)c2C)cc1. The van der Waals surface area contributed by atoms with Crippen LogP contribution in [0.15, 0.2) is 60.7 Å². The van der Waals surface area contributed by atoms with Crippen LogP contribution in [0.2, 0.25) is 0 Å². The van der Waals surface area contributed by atoms with E-state index in [-0.39, 0.29) is 6.61 Å². The molecule has 3 rings (SSSR count). The second-order valence-corrected chi connectivity index (χ2v) is 6.49. The zero-order valence-corrected chi connectivity index (χ0v) is 16.4. The molecule has 0 amide bonds. The van der Waals surface area contributed by atoms with Gasteiger partial charge in [0.2, 0.25) is 0 Å². The smallest absolute Gasteiger partial charge is 0.330 e. The molecule has 28 heavy (non-hydrogen) atoms. The second kappa shape index (κ2) is 9.04. The molecule has 0 N–H and O–H groups in total. The lowest BCUT2D eigenvalue weighted by molar-refractivity contribution is -0.138. The minimum atomic E-state index is -0.404. The first kappa shape index (κ1) is 19.4. The van der Waals surface area contributed by atoms with Crippen molar-refractivity contribution in [3.8, 4) is 11.4 Å². The van der Waals surface area contributed by atoms with Gasteiger partial charge in [-0.05, 0) is 51.1 Å². The summed E-state index contributed by atoms with van der Waals surface area (Å²) < 4.78 is 12.6. The summed E-state index contributed by atoms with van der Waals surface area (Å²) >= 11 is 0. The lowest BCUT2D eigenvalue weighted by Crippen LogP contribution is -2.10. The molecule has 5 heteroatoms. The molecule has 0 aliphatic rings. The Labute approximate surface area is 165 Å². The summed E-state index contributed by atoms with van der Waals surface area (Å²) in [7, 11) is 0. The second-order valence-electron chi connectivity index (χ2n) is 6.49. The van der Waals surface area contributed by atoms with E-state index in [4.69, 9.17) is 9.47 Å². The van der Waals surface area contributed by atoms with Gasteiger partial charge in [0.1, 0.15) is 19.0 Å². The van der Waals surface area contributed by atoms with Crippen LogP contribution < -0.4 is 4.74 Å². The van der Waals surface area contributed by atoms with Crippen LogP contribution in [0.3, 0.4) is 0 Å². The van der Waals surface area contributed by atoms with Gasteiger partial charge in [0.05, 0.1) is 11.4 Å². The summed E-state index contributed by atoms with van der Waals surface area (Å²) in [6, 6.07) is 17.6. The average Bonchev–Trinajstić information content (AvgIpc) is 2.99. The van der Waals surface area contributed by atoms with Crippen LogP contribution in [0.25, 0.3) is 11.8 Å². The fourth-order valence-corrected chi connectivity index (χ4v) is 2.85. The van der Waals surface area contributed by atoms with Crippen LogP contribution >= 0.6 is 0 Å². The van der Waals surface area contributed by atoms with Gasteiger partial charge in [-0.3, -0.25) is 0 Å². The van der Waals surface area contributed by atoms with Crippen LogP contribution in [0.4, 0.5) is 0 Å². The van der Waals surface area contributed by atoms with Gasteiger partial charge in [0.25, 0.3) is 0 Å². The summed E-state index contributed by atoms with van der Waals surface area (Å²) in [4.78, 5) is 12.0. The van der Waals surface area contributed by atoms with E-state index in [0.29, 0.717) is 6.61 Å². The summed E-state index contributed by atoms with van der Waals surface area (Å²) in [5.41, 5.74) is 4.89. The summed E-state index contributed by atoms with van der Waals surface area (Å²) in [6.07, 6.45) is 3.18. The number of carbonyl (C=O) groups excluding carboxylic acids is 1. The van der Waals surface area contributed by atoms with Gasteiger partial charge in [-0.2, -0.15) is 5.10 Å². The molecular formula is C23H24N2O3. The molecule has 5 nitrogen and oxygen atoms in total. The Hall–Kier alpha value is -3.34. The van der Waals surface area contributed by atoms with Crippen LogP contribution in [0.5, 0.6) is 5.75 Å². The molecule has 0 aliphatic heterocycles. The number of aryl methyl sites for hydroxylation is 2. The van der Waals surface area contributed by atoms with E-state index in [1.54, 1.807) is 6.08 Å². The van der Waals surface area contributed by atoms with Crippen molar-refractivity contribution in [1.82, 2.24) is 9.78 Å². The summed E-state index contributed by atoms with van der Waals surface area (Å²) in [5, 5.41) is 4.57. The molecule has 0 bridgehead atoms. The van der Waals surface area contributed by atoms with Crippen molar-refractivity contribution in [2.24, 2.45) is 0 Å². The van der Waals surface area contributed by atoms with Crippen molar-refractivity contribution >= 4 is 12.0 Å². The maximum absolute atomic E-state index is 12.0. The highest BCUT2D eigenvalue weighted by Crippen LogP contribution is 2.19. The third kappa shape index (κ3) is 4.88. The first-order chi connectivity index (χ1) is 13.5. The molecule has 0 saturated carbocycles. The quantitative estimate of drug-likeness (QED) is 0.348. The van der Waals surface area contributed by atoms with E-state index in [1.165, 1.54) is 11.6 Å². The van der Waals surface area contributed by atoms with Crippen molar-refractivity contribution in [3.05, 3.63) is 83.2 Å². The van der Waals surface area contributed by atoms with Gasteiger partial charge in [0, 0.05) is 17.3 Å². The number of para-hydroxylation sites is 1. The number of nitrogens with zero attached hydrogens (tertiary/aromatic N) is 2. The number of esters is 1. The predicted molar refractivity (Wildman–Crippen MR) is 110 cm³/mol. The van der Waals surface area contributed by atoms with Crippen LogP contribution in [-0.2, 0) is 9.53 Å². The van der Waals surface area contributed by atoms with Gasteiger partial charge in [-0.15, -0.1) is 0 Å². The van der Waals surface area contributed by atoms with E-state index < -0.39 is 5.97 Å². The minimum Gasteiger partial charge on any atom is -0.490 e. The topological polar surface area (TPSA) is 53.4 Å². The van der Waals surface area contributed by atoms with Crippen molar-refractivity contribution in [1.29, 1.82) is 0 Å². The predicted octanol–water partition coefficient (Wildman–Crippen LogP) is 4.43. The average molecular weight is 376 g/mol. The molecule has 0 unspecified atom stereocenters. The number of aromatic nitrogens is 2. The lowest BCUT2D eigenvalue weighted by atomic mass is 10.2. The first-order valence-corrected chi connectivity index (χ1v) is 9.20. The molecule has 1 aromatic heterocycles. The summed E-state index contributed by atoms with van der Waals surface area (Å²) in [6.45, 7) is 6.43. The molecule has 0 atom stereocenters. The van der Waals surface area contributed by atoms with E-state index >= 15 is 0 Å². The maximum Gasteiger partial charge on any atom is 0.330 e. The molecular weight excluding hydrogens is 352 g/mol. The van der Waals surface area contributed by atoms with Crippen LogP contribution in [-0.4, -0.2) is 29.0 Å². The monoisotopic (exact) mass is 376 g/mol. The number of benzene rings is 2.